The number of aryl methyl sites for hydroxylation is 2. The van der Waals surface area contributed by atoms with E-state index in [0.717, 1.165) is 32.7 Å². The van der Waals surface area contributed by atoms with Gasteiger partial charge in [0.1, 0.15) is 0 Å². The number of hydrogen-bond acceptors (Lipinski definition) is 2. The molecule has 0 saturated heterocycles. The Balaban J connectivity index is 1.65. The van der Waals surface area contributed by atoms with Crippen LogP contribution in [0.1, 0.15) is 16.8 Å². The first-order valence-electron chi connectivity index (χ1n) is 8.13. The number of anilines is 1. The summed E-state index contributed by atoms with van der Waals surface area (Å²) in [5, 5.41) is 6.84. The van der Waals surface area contributed by atoms with Crippen molar-refractivity contribution in [2.24, 2.45) is 5.10 Å². The second kappa shape index (κ2) is 8.01. The number of halogens is 1. The highest BCUT2D eigenvalue weighted by Crippen LogP contribution is 2.17. The molecule has 2 amide bonds. The van der Waals surface area contributed by atoms with E-state index in [9.17, 15) is 4.79 Å². The summed E-state index contributed by atoms with van der Waals surface area (Å²) in [5.41, 5.74) is 7.30. The molecule has 5 nitrogen and oxygen atoms in total. The van der Waals surface area contributed by atoms with E-state index in [-0.39, 0.29) is 6.03 Å². The summed E-state index contributed by atoms with van der Waals surface area (Å²) in [5.74, 6) is 0. The van der Waals surface area contributed by atoms with Crippen LogP contribution in [-0.4, -0.2) is 16.8 Å². The number of benzene rings is 2. The first kappa shape index (κ1) is 17.9. The van der Waals surface area contributed by atoms with E-state index in [1.165, 1.54) is 0 Å². The smallest absolute Gasteiger partial charge is 0.316 e. The van der Waals surface area contributed by atoms with E-state index < -0.39 is 0 Å². The maximum absolute atomic E-state index is 12.0. The number of hydrazone groups is 1. The molecule has 0 fully saturated rings. The highest BCUT2D eigenvalue weighted by molar-refractivity contribution is 9.10. The molecule has 3 rings (SSSR count). The first-order valence-corrected chi connectivity index (χ1v) is 8.93. The van der Waals surface area contributed by atoms with Crippen molar-refractivity contribution in [3.05, 3.63) is 82.1 Å². The number of nitrogens with zero attached hydrogens (tertiary/aromatic N) is 2. The Hall–Kier alpha value is -2.86. The minimum atomic E-state index is -0.380. The SMILES string of the molecule is Cc1ccc(NC(=O)N/N=C/c2cccn2-c2ccc(Br)cc2)c(C)c1. The largest absolute Gasteiger partial charge is 0.339 e. The summed E-state index contributed by atoms with van der Waals surface area (Å²) >= 11 is 3.43. The molecule has 0 atom stereocenters. The monoisotopic (exact) mass is 410 g/mol. The first-order chi connectivity index (χ1) is 12.5. The molecule has 6 heteroatoms. The van der Waals surface area contributed by atoms with Gasteiger partial charge in [-0.05, 0) is 61.9 Å². The molecule has 0 saturated carbocycles. The third-order valence-corrected chi connectivity index (χ3v) is 4.41. The van der Waals surface area contributed by atoms with Crippen LogP contribution in [0.3, 0.4) is 0 Å². The second-order valence-corrected chi connectivity index (χ2v) is 6.84. The quantitative estimate of drug-likeness (QED) is 0.460. The average Bonchev–Trinajstić information content (AvgIpc) is 3.06. The van der Waals surface area contributed by atoms with Crippen molar-refractivity contribution < 1.29 is 4.79 Å². The van der Waals surface area contributed by atoms with Gasteiger partial charge in [-0.3, -0.25) is 0 Å². The Bertz CT molecular complexity index is 945. The van der Waals surface area contributed by atoms with E-state index in [1.807, 2.05) is 79.2 Å². The van der Waals surface area contributed by atoms with Gasteiger partial charge >= 0.3 is 6.03 Å². The number of carbonyl (C=O) groups excluding carboxylic acids is 1. The van der Waals surface area contributed by atoms with Crippen LogP contribution >= 0.6 is 15.9 Å². The molecule has 132 valence electrons. The van der Waals surface area contributed by atoms with Gasteiger partial charge in [0.2, 0.25) is 0 Å². The summed E-state index contributed by atoms with van der Waals surface area (Å²) in [7, 11) is 0. The van der Waals surface area contributed by atoms with Gasteiger partial charge in [-0.25, -0.2) is 10.2 Å². The predicted molar refractivity (Wildman–Crippen MR) is 109 cm³/mol. The van der Waals surface area contributed by atoms with Gasteiger partial charge in [0.25, 0.3) is 0 Å². The number of hydrogen-bond donors (Lipinski definition) is 2. The van der Waals surface area contributed by atoms with Crippen molar-refractivity contribution >= 4 is 33.9 Å². The summed E-state index contributed by atoms with van der Waals surface area (Å²) in [6.45, 7) is 3.97. The molecule has 26 heavy (non-hydrogen) atoms. The molecular formula is C20H19BrN4O. The van der Waals surface area contributed by atoms with E-state index >= 15 is 0 Å². The summed E-state index contributed by atoms with van der Waals surface area (Å²) in [6, 6.07) is 17.3. The van der Waals surface area contributed by atoms with E-state index in [4.69, 9.17) is 0 Å². The maximum Gasteiger partial charge on any atom is 0.339 e. The minimum Gasteiger partial charge on any atom is -0.316 e. The standard InChI is InChI=1S/C20H19BrN4O/c1-14-5-10-19(15(2)12-14)23-20(26)24-22-13-18-4-3-11-25(18)17-8-6-16(21)7-9-17/h3-13H,1-2H3,(H2,23,24,26)/b22-13+. The zero-order valence-electron chi connectivity index (χ0n) is 14.5. The van der Waals surface area contributed by atoms with Crippen molar-refractivity contribution in [2.75, 3.05) is 5.32 Å². The lowest BCUT2D eigenvalue weighted by Gasteiger charge is -2.08. The number of rotatable bonds is 4. The van der Waals surface area contributed by atoms with Gasteiger partial charge in [-0.2, -0.15) is 5.10 Å². The fourth-order valence-electron chi connectivity index (χ4n) is 2.60. The van der Waals surface area contributed by atoms with Crippen molar-refractivity contribution in [3.8, 4) is 5.69 Å². The van der Waals surface area contributed by atoms with E-state index in [0.29, 0.717) is 0 Å². The molecule has 1 heterocycles. The molecule has 2 aromatic carbocycles. The lowest BCUT2D eigenvalue weighted by molar-refractivity contribution is 0.252. The van der Waals surface area contributed by atoms with Gasteiger partial charge in [0.15, 0.2) is 0 Å². The van der Waals surface area contributed by atoms with E-state index in [1.54, 1.807) is 6.21 Å². The molecule has 0 aliphatic rings. The zero-order chi connectivity index (χ0) is 18.5. The van der Waals surface area contributed by atoms with Crippen molar-refractivity contribution in [1.29, 1.82) is 0 Å². The zero-order valence-corrected chi connectivity index (χ0v) is 16.1. The molecule has 1 aromatic heterocycles. The van der Waals surface area contributed by atoms with Gasteiger partial charge in [0.05, 0.1) is 11.9 Å². The number of aromatic nitrogens is 1. The number of carbonyl (C=O) groups is 1. The van der Waals surface area contributed by atoms with Crippen molar-refractivity contribution in [1.82, 2.24) is 9.99 Å². The molecule has 0 aliphatic carbocycles. The second-order valence-electron chi connectivity index (χ2n) is 5.92. The highest BCUT2D eigenvalue weighted by atomic mass is 79.9. The number of nitrogens with one attached hydrogen (secondary N) is 2. The van der Waals surface area contributed by atoms with Crippen LogP contribution in [-0.2, 0) is 0 Å². The van der Waals surface area contributed by atoms with Gasteiger partial charge < -0.3 is 9.88 Å². The van der Waals surface area contributed by atoms with Gasteiger partial charge in [-0.15, -0.1) is 0 Å². The van der Waals surface area contributed by atoms with Crippen LogP contribution < -0.4 is 10.7 Å². The number of amides is 2. The highest BCUT2D eigenvalue weighted by Gasteiger charge is 2.04. The fraction of sp³-hybridized carbons (Fsp3) is 0.100. The Morgan fingerprint density at radius 1 is 1.12 bits per heavy atom. The molecule has 0 unspecified atom stereocenters. The predicted octanol–water partition coefficient (Wildman–Crippen LogP) is 5.01. The Kier molecular flexibility index (Phi) is 5.53. The molecule has 0 bridgehead atoms. The normalized spacial score (nSPS) is 10.9. The van der Waals surface area contributed by atoms with Crippen LogP contribution in [0, 0.1) is 13.8 Å². The van der Waals surface area contributed by atoms with Gasteiger partial charge in [0, 0.05) is 22.0 Å². The minimum absolute atomic E-state index is 0.380. The molecule has 0 spiro atoms. The summed E-state index contributed by atoms with van der Waals surface area (Å²) in [4.78, 5) is 12.0. The summed E-state index contributed by atoms with van der Waals surface area (Å²) in [6.07, 6.45) is 3.56. The van der Waals surface area contributed by atoms with Gasteiger partial charge in [-0.1, -0.05) is 33.6 Å². The van der Waals surface area contributed by atoms with Crippen LogP contribution in [0.4, 0.5) is 10.5 Å². The maximum atomic E-state index is 12.0. The molecule has 2 N–H and O–H groups in total. The topological polar surface area (TPSA) is 58.4 Å². The molecule has 3 aromatic rings. The lowest BCUT2D eigenvalue weighted by atomic mass is 10.1. The molecular weight excluding hydrogens is 392 g/mol. The Morgan fingerprint density at radius 3 is 2.62 bits per heavy atom. The van der Waals surface area contributed by atoms with Crippen LogP contribution in [0.25, 0.3) is 5.69 Å². The van der Waals surface area contributed by atoms with Crippen molar-refractivity contribution in [2.45, 2.75) is 13.8 Å². The Morgan fingerprint density at radius 2 is 1.88 bits per heavy atom. The van der Waals surface area contributed by atoms with Crippen LogP contribution in [0.15, 0.2) is 70.4 Å². The third-order valence-electron chi connectivity index (χ3n) is 3.88. The summed E-state index contributed by atoms with van der Waals surface area (Å²) < 4.78 is 3.01. The molecule has 0 aliphatic heterocycles. The lowest BCUT2D eigenvalue weighted by Crippen LogP contribution is -2.24. The third kappa shape index (κ3) is 4.40. The Labute approximate surface area is 160 Å². The number of urea groups is 1. The average molecular weight is 411 g/mol. The fourth-order valence-corrected chi connectivity index (χ4v) is 2.86. The van der Waals surface area contributed by atoms with Crippen LogP contribution in [0.5, 0.6) is 0 Å². The van der Waals surface area contributed by atoms with Crippen molar-refractivity contribution in [3.63, 3.8) is 0 Å². The van der Waals surface area contributed by atoms with Crippen LogP contribution in [0.2, 0.25) is 0 Å². The van der Waals surface area contributed by atoms with E-state index in [2.05, 4.69) is 31.8 Å². The molecule has 0 radical (unpaired) electrons.